The number of fused-ring (bicyclic) bond motifs is 15. The van der Waals surface area contributed by atoms with Crippen molar-refractivity contribution < 1.29 is 8.42 Å². The van der Waals surface area contributed by atoms with Crippen LogP contribution < -0.4 is 0 Å². The van der Waals surface area contributed by atoms with Crippen molar-refractivity contribution in [1.82, 2.24) is 15.0 Å². The van der Waals surface area contributed by atoms with Crippen LogP contribution in [0.3, 0.4) is 0 Å². The Balaban J connectivity index is 1.10. The lowest BCUT2D eigenvalue weighted by Crippen LogP contribution is -2.29. The van der Waals surface area contributed by atoms with Gasteiger partial charge in [-0.3, -0.25) is 4.98 Å². The van der Waals surface area contributed by atoms with Crippen LogP contribution in [0.4, 0.5) is 0 Å². The molecule has 0 N–H and O–H groups in total. The molecule has 2 aliphatic carbocycles. The molecule has 5 nitrogen and oxygen atoms in total. The maximum atomic E-state index is 14.3. The fraction of sp³-hybridized carbons (Fsp3) is 0.0172. The summed E-state index contributed by atoms with van der Waals surface area (Å²) in [6, 6.07) is 69.0. The number of sulfone groups is 1. The second kappa shape index (κ2) is 13.7. The van der Waals surface area contributed by atoms with Crippen molar-refractivity contribution in [3.8, 4) is 89.5 Å². The zero-order valence-electron chi connectivity index (χ0n) is 34.3. The van der Waals surface area contributed by atoms with Crippen molar-refractivity contribution >= 4 is 9.84 Å². The topological polar surface area (TPSA) is 72.8 Å². The third-order valence-electron chi connectivity index (χ3n) is 13.4. The number of aromatic nitrogens is 3. The summed E-state index contributed by atoms with van der Waals surface area (Å²) in [6.45, 7) is 0. The van der Waals surface area contributed by atoms with Gasteiger partial charge in [-0.25, -0.2) is 18.4 Å². The second-order valence-electron chi connectivity index (χ2n) is 16.7. The average Bonchev–Trinajstić information content (AvgIpc) is 3.73. The number of pyridine rings is 1. The van der Waals surface area contributed by atoms with E-state index in [1.54, 1.807) is 12.3 Å². The van der Waals surface area contributed by atoms with Gasteiger partial charge in [-0.05, 0) is 103 Å². The zero-order chi connectivity index (χ0) is 42.6. The summed E-state index contributed by atoms with van der Waals surface area (Å²) in [5.41, 5.74) is 18.1. The van der Waals surface area contributed by atoms with Gasteiger partial charge in [-0.15, -0.1) is 0 Å². The lowest BCUT2D eigenvalue weighted by atomic mass is 9.65. The standard InChI is InChI=1S/C58H35N3O2S/c62-64(63)55-23-11-8-20-46(55)48-32-52-47(33-56(48)64)44-19-7-10-22-50(44)58(52)49-21-9-6-18-43(49)41-16-4-5-17-42(41)45-29-28-39(31-51(45)58)54-34-53(37-13-2-1-3-14-37)60-57(61-54)38-26-24-36(25-27-38)40-15-12-30-59-35-40/h1-35H. The van der Waals surface area contributed by atoms with Crippen molar-refractivity contribution in [2.45, 2.75) is 15.2 Å². The first kappa shape index (κ1) is 36.6. The zero-order valence-corrected chi connectivity index (χ0v) is 35.1. The van der Waals surface area contributed by atoms with Crippen LogP contribution >= 0.6 is 0 Å². The van der Waals surface area contributed by atoms with Crippen LogP contribution in [0.1, 0.15) is 22.3 Å². The quantitative estimate of drug-likeness (QED) is 0.177. The van der Waals surface area contributed by atoms with Crippen LogP contribution in [0.15, 0.2) is 222 Å². The molecule has 1 aliphatic heterocycles. The summed E-state index contributed by atoms with van der Waals surface area (Å²) in [7, 11) is -3.73. The average molecular weight is 838 g/mol. The van der Waals surface area contributed by atoms with E-state index < -0.39 is 15.3 Å². The molecule has 1 unspecified atom stereocenters. The first-order chi connectivity index (χ1) is 31.5. The minimum Gasteiger partial charge on any atom is -0.264 e. The highest BCUT2D eigenvalue weighted by atomic mass is 32.2. The second-order valence-corrected chi connectivity index (χ2v) is 18.6. The van der Waals surface area contributed by atoms with E-state index in [9.17, 15) is 8.42 Å². The minimum absolute atomic E-state index is 0.355. The Kier molecular flexibility index (Phi) is 7.84. The Morgan fingerprint density at radius 3 is 1.59 bits per heavy atom. The molecule has 6 heteroatoms. The largest absolute Gasteiger partial charge is 0.264 e. The first-order valence-electron chi connectivity index (χ1n) is 21.4. The molecule has 8 aromatic carbocycles. The monoisotopic (exact) mass is 837 g/mol. The van der Waals surface area contributed by atoms with E-state index in [0.717, 1.165) is 106 Å². The summed E-state index contributed by atoms with van der Waals surface area (Å²) in [4.78, 5) is 15.6. The number of hydrogen-bond acceptors (Lipinski definition) is 5. The predicted octanol–water partition coefficient (Wildman–Crippen LogP) is 13.4. The highest BCUT2D eigenvalue weighted by Crippen LogP contribution is 2.63. The molecule has 2 aromatic heterocycles. The predicted molar refractivity (Wildman–Crippen MR) is 254 cm³/mol. The van der Waals surface area contributed by atoms with Crippen LogP contribution in [0.25, 0.3) is 89.5 Å². The van der Waals surface area contributed by atoms with E-state index in [4.69, 9.17) is 9.97 Å². The van der Waals surface area contributed by atoms with Crippen molar-refractivity contribution in [3.05, 3.63) is 235 Å². The Labute approximate surface area is 371 Å². The van der Waals surface area contributed by atoms with E-state index in [0.29, 0.717) is 15.6 Å². The van der Waals surface area contributed by atoms with Crippen molar-refractivity contribution in [3.63, 3.8) is 0 Å². The molecule has 0 amide bonds. The van der Waals surface area contributed by atoms with Gasteiger partial charge in [0.25, 0.3) is 0 Å². The van der Waals surface area contributed by atoms with E-state index >= 15 is 0 Å². The highest BCUT2D eigenvalue weighted by molar-refractivity contribution is 7.92. The van der Waals surface area contributed by atoms with Gasteiger partial charge in [0.15, 0.2) is 5.82 Å². The SMILES string of the molecule is O=S1(=O)c2ccccc2-c2cc3c(cc21)-c1ccccc1C31c2ccccc2-c2ccccc2-c2ccc(-c3cc(-c4ccccc4)nc(-c4ccc(-c5cccnc5)cc4)n3)cc21. The van der Waals surface area contributed by atoms with Gasteiger partial charge in [0, 0.05) is 40.2 Å². The van der Waals surface area contributed by atoms with Gasteiger partial charge in [0.2, 0.25) is 9.84 Å². The molecular weight excluding hydrogens is 803 g/mol. The van der Waals surface area contributed by atoms with Gasteiger partial charge < -0.3 is 0 Å². The van der Waals surface area contributed by atoms with Crippen LogP contribution in [0.2, 0.25) is 0 Å². The maximum absolute atomic E-state index is 14.3. The summed E-state index contributed by atoms with van der Waals surface area (Å²) in [5.74, 6) is 0.626. The molecule has 64 heavy (non-hydrogen) atoms. The van der Waals surface area contributed by atoms with Crippen LogP contribution in [-0.2, 0) is 15.3 Å². The van der Waals surface area contributed by atoms with Crippen LogP contribution in [0, 0.1) is 0 Å². The fourth-order valence-electron chi connectivity index (χ4n) is 10.6. The summed E-state index contributed by atoms with van der Waals surface area (Å²) in [5, 5.41) is 0. The van der Waals surface area contributed by atoms with Gasteiger partial charge in [0.05, 0.1) is 26.6 Å². The molecule has 3 heterocycles. The van der Waals surface area contributed by atoms with Crippen molar-refractivity contribution in [2.24, 2.45) is 0 Å². The van der Waals surface area contributed by atoms with E-state index in [-0.39, 0.29) is 0 Å². The molecule has 13 rings (SSSR count). The summed E-state index contributed by atoms with van der Waals surface area (Å²) >= 11 is 0. The molecule has 0 saturated heterocycles. The highest BCUT2D eigenvalue weighted by Gasteiger charge is 2.51. The Morgan fingerprint density at radius 2 is 0.891 bits per heavy atom. The van der Waals surface area contributed by atoms with E-state index in [2.05, 4.69) is 151 Å². The normalized spacial score (nSPS) is 15.5. The molecule has 300 valence electrons. The molecule has 0 fully saturated rings. The number of benzene rings is 8. The molecule has 3 aliphatic rings. The Hall–Kier alpha value is -8.06. The number of nitrogens with zero attached hydrogens (tertiary/aromatic N) is 3. The van der Waals surface area contributed by atoms with Gasteiger partial charge >= 0.3 is 0 Å². The molecule has 1 atom stereocenters. The van der Waals surface area contributed by atoms with Crippen LogP contribution in [0.5, 0.6) is 0 Å². The maximum Gasteiger partial charge on any atom is 0.207 e. The van der Waals surface area contributed by atoms with Gasteiger partial charge in [-0.2, -0.15) is 0 Å². The molecule has 0 saturated carbocycles. The Bertz CT molecular complexity index is 3680. The van der Waals surface area contributed by atoms with Crippen LogP contribution in [-0.4, -0.2) is 23.4 Å². The number of rotatable bonds is 4. The lowest BCUT2D eigenvalue weighted by Gasteiger charge is -2.36. The number of hydrogen-bond donors (Lipinski definition) is 0. The van der Waals surface area contributed by atoms with E-state index in [1.807, 2.05) is 54.7 Å². The first-order valence-corrected chi connectivity index (χ1v) is 22.9. The molecule has 0 radical (unpaired) electrons. The van der Waals surface area contributed by atoms with E-state index in [1.165, 1.54) is 0 Å². The molecule has 10 aromatic rings. The summed E-state index contributed by atoms with van der Waals surface area (Å²) in [6.07, 6.45) is 3.66. The smallest absolute Gasteiger partial charge is 0.207 e. The lowest BCUT2D eigenvalue weighted by molar-refractivity contribution is 0.598. The summed E-state index contributed by atoms with van der Waals surface area (Å²) < 4.78 is 28.6. The molecular formula is C58H35N3O2S. The molecule has 1 spiro atoms. The third kappa shape index (κ3) is 5.17. The fourth-order valence-corrected chi connectivity index (χ4v) is 12.3. The minimum atomic E-state index is -3.73. The van der Waals surface area contributed by atoms with Crippen molar-refractivity contribution in [2.75, 3.05) is 0 Å². The Morgan fingerprint density at radius 1 is 0.344 bits per heavy atom. The van der Waals surface area contributed by atoms with Crippen molar-refractivity contribution in [1.29, 1.82) is 0 Å². The molecule has 0 bridgehead atoms. The van der Waals surface area contributed by atoms with Gasteiger partial charge in [0.1, 0.15) is 0 Å². The van der Waals surface area contributed by atoms with Gasteiger partial charge in [-0.1, -0.05) is 164 Å². The third-order valence-corrected chi connectivity index (χ3v) is 15.2.